The maximum absolute atomic E-state index is 5.56. The predicted molar refractivity (Wildman–Crippen MR) is 72.0 cm³/mol. The van der Waals surface area contributed by atoms with Crippen molar-refractivity contribution in [2.24, 2.45) is 5.73 Å². The Hall–Kier alpha value is -1.35. The SMILES string of the molecule is C=C=C(CN)CSc1ccc(OC)cc1OC. The van der Waals surface area contributed by atoms with Crippen LogP contribution in [0.25, 0.3) is 0 Å². The van der Waals surface area contributed by atoms with Gasteiger partial charge in [-0.2, -0.15) is 0 Å². The van der Waals surface area contributed by atoms with Gasteiger partial charge in [-0.15, -0.1) is 17.5 Å². The Morgan fingerprint density at radius 2 is 2.18 bits per heavy atom. The molecule has 0 aromatic heterocycles. The summed E-state index contributed by atoms with van der Waals surface area (Å²) in [5.41, 5.74) is 9.39. The Kier molecular flexibility index (Phi) is 5.70. The fourth-order valence-corrected chi connectivity index (χ4v) is 2.24. The van der Waals surface area contributed by atoms with Crippen molar-refractivity contribution in [1.29, 1.82) is 0 Å². The number of thioether (sulfide) groups is 1. The number of methoxy groups -OCH3 is 2. The molecule has 0 aliphatic carbocycles. The number of rotatable bonds is 6. The smallest absolute Gasteiger partial charge is 0.136 e. The number of hydrogen-bond donors (Lipinski definition) is 1. The van der Waals surface area contributed by atoms with Crippen LogP contribution in [0.3, 0.4) is 0 Å². The molecule has 0 heterocycles. The number of ether oxygens (including phenoxy) is 2. The van der Waals surface area contributed by atoms with Crippen molar-refractivity contribution in [3.05, 3.63) is 36.1 Å². The molecule has 0 bridgehead atoms. The van der Waals surface area contributed by atoms with Crippen LogP contribution in [0.1, 0.15) is 0 Å². The summed E-state index contributed by atoms with van der Waals surface area (Å²) in [7, 11) is 3.28. The third-order valence-electron chi connectivity index (χ3n) is 2.27. The van der Waals surface area contributed by atoms with Gasteiger partial charge in [-0.3, -0.25) is 0 Å². The molecule has 3 nitrogen and oxygen atoms in total. The Bertz CT molecular complexity index is 425. The van der Waals surface area contributed by atoms with Gasteiger partial charge in [-0.05, 0) is 17.7 Å². The van der Waals surface area contributed by atoms with Crippen LogP contribution in [-0.2, 0) is 0 Å². The lowest BCUT2D eigenvalue weighted by Crippen LogP contribution is -2.04. The van der Waals surface area contributed by atoms with E-state index in [1.807, 2.05) is 18.2 Å². The van der Waals surface area contributed by atoms with Crippen LogP contribution < -0.4 is 15.2 Å². The molecule has 0 amide bonds. The molecule has 0 saturated carbocycles. The van der Waals surface area contributed by atoms with Crippen molar-refractivity contribution < 1.29 is 9.47 Å². The van der Waals surface area contributed by atoms with Crippen LogP contribution in [0.15, 0.2) is 41.0 Å². The normalized spacial score (nSPS) is 9.59. The maximum Gasteiger partial charge on any atom is 0.136 e. The first-order chi connectivity index (χ1) is 8.24. The molecule has 0 aliphatic heterocycles. The van der Waals surface area contributed by atoms with E-state index in [-0.39, 0.29) is 0 Å². The van der Waals surface area contributed by atoms with Gasteiger partial charge in [0.15, 0.2) is 0 Å². The van der Waals surface area contributed by atoms with Crippen LogP contribution in [0.5, 0.6) is 11.5 Å². The summed E-state index contributed by atoms with van der Waals surface area (Å²) in [4.78, 5) is 1.05. The topological polar surface area (TPSA) is 44.5 Å². The number of benzene rings is 1. The van der Waals surface area contributed by atoms with Crippen molar-refractivity contribution in [3.63, 3.8) is 0 Å². The monoisotopic (exact) mass is 251 g/mol. The lowest BCUT2D eigenvalue weighted by atomic mass is 10.3. The zero-order valence-electron chi connectivity index (χ0n) is 10.2. The van der Waals surface area contributed by atoms with E-state index in [0.717, 1.165) is 27.7 Å². The summed E-state index contributed by atoms with van der Waals surface area (Å²) in [6.45, 7) is 4.09. The molecule has 0 aliphatic rings. The van der Waals surface area contributed by atoms with Crippen molar-refractivity contribution in [2.45, 2.75) is 4.90 Å². The minimum atomic E-state index is 0.481. The third-order valence-corrected chi connectivity index (χ3v) is 3.41. The largest absolute Gasteiger partial charge is 0.497 e. The van der Waals surface area contributed by atoms with Gasteiger partial charge in [-0.25, -0.2) is 0 Å². The first-order valence-corrected chi connectivity index (χ1v) is 6.16. The van der Waals surface area contributed by atoms with Gasteiger partial charge in [0, 0.05) is 23.3 Å². The highest BCUT2D eigenvalue weighted by Crippen LogP contribution is 2.33. The van der Waals surface area contributed by atoms with Crippen molar-refractivity contribution in [3.8, 4) is 11.5 Å². The van der Waals surface area contributed by atoms with E-state index in [4.69, 9.17) is 15.2 Å². The van der Waals surface area contributed by atoms with Crippen molar-refractivity contribution in [2.75, 3.05) is 26.5 Å². The summed E-state index contributed by atoms with van der Waals surface area (Å²) in [6, 6.07) is 5.74. The fraction of sp³-hybridized carbons (Fsp3) is 0.308. The van der Waals surface area contributed by atoms with Gasteiger partial charge in [0.05, 0.1) is 14.2 Å². The summed E-state index contributed by atoms with van der Waals surface area (Å²) in [6.07, 6.45) is 0. The minimum absolute atomic E-state index is 0.481. The van der Waals surface area contributed by atoms with Gasteiger partial charge in [0.25, 0.3) is 0 Å². The Morgan fingerprint density at radius 3 is 2.71 bits per heavy atom. The molecule has 1 aromatic rings. The molecule has 0 unspecified atom stereocenters. The van der Waals surface area contributed by atoms with Gasteiger partial charge in [-0.1, -0.05) is 6.58 Å². The molecular weight excluding hydrogens is 234 g/mol. The van der Waals surface area contributed by atoms with Crippen molar-refractivity contribution in [1.82, 2.24) is 0 Å². The zero-order valence-corrected chi connectivity index (χ0v) is 11.0. The highest BCUT2D eigenvalue weighted by atomic mass is 32.2. The maximum atomic E-state index is 5.56. The van der Waals surface area contributed by atoms with E-state index in [1.165, 1.54) is 0 Å². The molecule has 92 valence electrons. The number of hydrogen-bond acceptors (Lipinski definition) is 4. The molecule has 0 atom stereocenters. The molecule has 4 heteroatoms. The summed E-state index contributed by atoms with van der Waals surface area (Å²) in [5, 5.41) is 0. The van der Waals surface area contributed by atoms with E-state index in [1.54, 1.807) is 26.0 Å². The van der Waals surface area contributed by atoms with E-state index < -0.39 is 0 Å². The van der Waals surface area contributed by atoms with Crippen molar-refractivity contribution >= 4 is 11.8 Å². The minimum Gasteiger partial charge on any atom is -0.497 e. The van der Waals surface area contributed by atoms with E-state index in [2.05, 4.69) is 12.3 Å². The van der Waals surface area contributed by atoms with E-state index in [0.29, 0.717) is 6.54 Å². The Morgan fingerprint density at radius 1 is 1.41 bits per heavy atom. The van der Waals surface area contributed by atoms with Gasteiger partial charge >= 0.3 is 0 Å². The first-order valence-electron chi connectivity index (χ1n) is 5.17. The second-order valence-electron chi connectivity index (χ2n) is 3.29. The quantitative estimate of drug-likeness (QED) is 0.623. The third kappa shape index (κ3) is 3.86. The van der Waals surface area contributed by atoms with Crippen LogP contribution in [0.4, 0.5) is 0 Å². The average molecular weight is 251 g/mol. The molecule has 1 rings (SSSR count). The molecule has 0 saturated heterocycles. The highest BCUT2D eigenvalue weighted by Gasteiger charge is 2.06. The van der Waals surface area contributed by atoms with Gasteiger partial charge in [0.1, 0.15) is 11.5 Å². The zero-order chi connectivity index (χ0) is 12.7. The van der Waals surface area contributed by atoms with Crippen LogP contribution in [0, 0.1) is 0 Å². The Balaban J connectivity index is 2.80. The predicted octanol–water partition coefficient (Wildman–Crippen LogP) is 2.47. The number of nitrogens with two attached hydrogens (primary N) is 1. The van der Waals surface area contributed by atoms with Crippen LogP contribution in [-0.4, -0.2) is 26.5 Å². The average Bonchev–Trinajstić information content (AvgIpc) is 2.39. The summed E-state index contributed by atoms with van der Waals surface area (Å²) < 4.78 is 10.5. The fourth-order valence-electron chi connectivity index (χ4n) is 1.24. The molecule has 1 aromatic carbocycles. The molecule has 17 heavy (non-hydrogen) atoms. The second-order valence-corrected chi connectivity index (χ2v) is 4.31. The molecular formula is C13H17NO2S. The lowest BCUT2D eigenvalue weighted by Gasteiger charge is -2.10. The lowest BCUT2D eigenvalue weighted by molar-refractivity contribution is 0.387. The molecule has 2 N–H and O–H groups in total. The van der Waals surface area contributed by atoms with Gasteiger partial charge in [0.2, 0.25) is 0 Å². The molecule has 0 fully saturated rings. The van der Waals surface area contributed by atoms with Crippen LogP contribution >= 0.6 is 11.8 Å². The Labute approximate surface area is 106 Å². The van der Waals surface area contributed by atoms with Gasteiger partial charge < -0.3 is 15.2 Å². The second kappa shape index (κ2) is 7.07. The van der Waals surface area contributed by atoms with E-state index >= 15 is 0 Å². The molecule has 0 radical (unpaired) electrons. The van der Waals surface area contributed by atoms with E-state index in [9.17, 15) is 0 Å². The first kappa shape index (κ1) is 13.7. The highest BCUT2D eigenvalue weighted by molar-refractivity contribution is 7.99. The summed E-state index contributed by atoms with van der Waals surface area (Å²) >= 11 is 1.65. The standard InChI is InChI=1S/C13H17NO2S/c1-4-10(8-14)9-17-13-6-5-11(15-2)7-12(13)16-3/h5-7H,1,8-9,14H2,2-3H3. The molecule has 0 spiro atoms. The van der Waals surface area contributed by atoms with Crippen LogP contribution in [0.2, 0.25) is 0 Å². The summed E-state index contributed by atoms with van der Waals surface area (Å²) in [5.74, 6) is 2.35.